The summed E-state index contributed by atoms with van der Waals surface area (Å²) in [6, 6.07) is 3.63. The molecule has 0 unspecified atom stereocenters. The van der Waals surface area contributed by atoms with Crippen LogP contribution in [0.2, 0.25) is 0 Å². The standard InChI is InChI=1S/C15H16N6O2/c1-3-7-16-14(22)8-13-19-18-12-6-5-10(9-21(12)13)15-17-11(4-2)20-23-15/h3,5-6,9H,1,4,7-8H2,2H3,(H,16,22). The lowest BCUT2D eigenvalue weighted by Gasteiger charge is -2.02. The maximum Gasteiger partial charge on any atom is 0.259 e. The van der Waals surface area contributed by atoms with E-state index in [4.69, 9.17) is 4.52 Å². The van der Waals surface area contributed by atoms with E-state index in [1.54, 1.807) is 22.7 Å². The van der Waals surface area contributed by atoms with Gasteiger partial charge in [0.2, 0.25) is 5.91 Å². The second kappa shape index (κ2) is 6.39. The number of nitrogens with one attached hydrogen (secondary N) is 1. The molecule has 3 rings (SSSR count). The number of carbonyl (C=O) groups is 1. The van der Waals surface area contributed by atoms with E-state index in [0.29, 0.717) is 36.2 Å². The van der Waals surface area contributed by atoms with E-state index < -0.39 is 0 Å². The molecule has 0 radical (unpaired) electrons. The number of aryl methyl sites for hydroxylation is 1. The Labute approximate surface area is 132 Å². The first kappa shape index (κ1) is 14.9. The van der Waals surface area contributed by atoms with Crippen LogP contribution in [0.15, 0.2) is 35.5 Å². The predicted octanol–water partition coefficient (Wildman–Crippen LogP) is 1.19. The van der Waals surface area contributed by atoms with Crippen molar-refractivity contribution in [1.82, 2.24) is 30.1 Å². The number of hydrogen-bond acceptors (Lipinski definition) is 6. The molecule has 0 fully saturated rings. The highest BCUT2D eigenvalue weighted by Gasteiger charge is 2.13. The van der Waals surface area contributed by atoms with Crippen LogP contribution >= 0.6 is 0 Å². The maximum atomic E-state index is 11.8. The second-order valence-corrected chi connectivity index (χ2v) is 4.90. The molecular weight excluding hydrogens is 296 g/mol. The van der Waals surface area contributed by atoms with Crippen molar-refractivity contribution in [2.24, 2.45) is 0 Å². The van der Waals surface area contributed by atoms with Gasteiger partial charge in [-0.1, -0.05) is 18.2 Å². The summed E-state index contributed by atoms with van der Waals surface area (Å²) in [5.41, 5.74) is 1.40. The first-order valence-corrected chi connectivity index (χ1v) is 7.25. The van der Waals surface area contributed by atoms with E-state index in [9.17, 15) is 4.79 Å². The number of aromatic nitrogens is 5. The zero-order chi connectivity index (χ0) is 16.2. The Kier molecular flexibility index (Phi) is 4.13. The number of amides is 1. The molecule has 0 spiro atoms. The minimum atomic E-state index is -0.143. The molecule has 3 aromatic rings. The summed E-state index contributed by atoms with van der Waals surface area (Å²) in [6.45, 7) is 5.94. The largest absolute Gasteiger partial charge is 0.352 e. The van der Waals surface area contributed by atoms with Crippen LogP contribution in [-0.2, 0) is 17.6 Å². The Morgan fingerprint density at radius 2 is 2.30 bits per heavy atom. The molecule has 0 saturated heterocycles. The van der Waals surface area contributed by atoms with E-state index >= 15 is 0 Å². The normalized spacial score (nSPS) is 10.8. The third-order valence-electron chi connectivity index (χ3n) is 3.27. The van der Waals surface area contributed by atoms with Gasteiger partial charge >= 0.3 is 0 Å². The van der Waals surface area contributed by atoms with Gasteiger partial charge in [-0.05, 0) is 12.1 Å². The number of hydrogen-bond donors (Lipinski definition) is 1. The first-order valence-electron chi connectivity index (χ1n) is 7.25. The van der Waals surface area contributed by atoms with E-state index in [1.165, 1.54) is 0 Å². The van der Waals surface area contributed by atoms with E-state index in [0.717, 1.165) is 5.56 Å². The van der Waals surface area contributed by atoms with Gasteiger partial charge in [-0.25, -0.2) is 0 Å². The molecule has 1 amide bonds. The molecule has 0 atom stereocenters. The molecule has 0 aliphatic carbocycles. The minimum absolute atomic E-state index is 0.127. The van der Waals surface area contributed by atoms with Crippen molar-refractivity contribution in [3.8, 4) is 11.5 Å². The summed E-state index contributed by atoms with van der Waals surface area (Å²) in [5, 5.41) is 14.7. The zero-order valence-corrected chi connectivity index (χ0v) is 12.7. The number of nitrogens with zero attached hydrogens (tertiary/aromatic N) is 5. The Bertz CT molecular complexity index is 851. The van der Waals surface area contributed by atoms with Crippen LogP contribution in [0, 0.1) is 0 Å². The lowest BCUT2D eigenvalue weighted by molar-refractivity contribution is -0.120. The number of rotatable bonds is 6. The zero-order valence-electron chi connectivity index (χ0n) is 12.7. The molecule has 118 valence electrons. The number of fused-ring (bicyclic) bond motifs is 1. The van der Waals surface area contributed by atoms with Crippen molar-refractivity contribution in [3.05, 3.63) is 42.6 Å². The third-order valence-corrected chi connectivity index (χ3v) is 3.27. The fourth-order valence-electron chi connectivity index (χ4n) is 2.09. The van der Waals surface area contributed by atoms with Gasteiger partial charge in [0.25, 0.3) is 5.89 Å². The van der Waals surface area contributed by atoms with Crippen molar-refractivity contribution in [2.75, 3.05) is 6.54 Å². The molecule has 1 N–H and O–H groups in total. The van der Waals surface area contributed by atoms with Gasteiger partial charge in [0.15, 0.2) is 11.5 Å². The molecular formula is C15H16N6O2. The lowest BCUT2D eigenvalue weighted by atomic mass is 10.2. The fourth-order valence-corrected chi connectivity index (χ4v) is 2.09. The Morgan fingerprint density at radius 1 is 1.43 bits per heavy atom. The van der Waals surface area contributed by atoms with Gasteiger partial charge in [0, 0.05) is 19.2 Å². The average molecular weight is 312 g/mol. The Balaban J connectivity index is 1.90. The van der Waals surface area contributed by atoms with Crippen LogP contribution in [0.1, 0.15) is 18.6 Å². The van der Waals surface area contributed by atoms with E-state index in [2.05, 4.69) is 32.2 Å². The van der Waals surface area contributed by atoms with Crippen molar-refractivity contribution in [2.45, 2.75) is 19.8 Å². The first-order chi connectivity index (χ1) is 11.2. The molecule has 0 aromatic carbocycles. The van der Waals surface area contributed by atoms with Crippen molar-refractivity contribution in [1.29, 1.82) is 0 Å². The SMILES string of the molecule is C=CCNC(=O)Cc1nnc2ccc(-c3nc(CC)no3)cn12. The summed E-state index contributed by atoms with van der Waals surface area (Å²) in [4.78, 5) is 16.1. The second-order valence-electron chi connectivity index (χ2n) is 4.90. The van der Waals surface area contributed by atoms with Gasteiger partial charge < -0.3 is 9.84 Å². The minimum Gasteiger partial charge on any atom is -0.352 e. The molecule has 3 aromatic heterocycles. The molecule has 3 heterocycles. The summed E-state index contributed by atoms with van der Waals surface area (Å²) in [7, 11) is 0. The van der Waals surface area contributed by atoms with Crippen LogP contribution < -0.4 is 5.32 Å². The lowest BCUT2D eigenvalue weighted by Crippen LogP contribution is -2.25. The highest BCUT2D eigenvalue weighted by atomic mass is 16.5. The van der Waals surface area contributed by atoms with Crippen LogP contribution in [0.5, 0.6) is 0 Å². The summed E-state index contributed by atoms with van der Waals surface area (Å²) in [5.74, 6) is 1.47. The molecule has 0 bridgehead atoms. The summed E-state index contributed by atoms with van der Waals surface area (Å²) >= 11 is 0. The summed E-state index contributed by atoms with van der Waals surface area (Å²) in [6.07, 6.45) is 4.24. The number of carbonyl (C=O) groups excluding carboxylic acids is 1. The Morgan fingerprint density at radius 3 is 3.04 bits per heavy atom. The Hall–Kier alpha value is -3.03. The summed E-state index contributed by atoms with van der Waals surface area (Å²) < 4.78 is 6.98. The highest BCUT2D eigenvalue weighted by Crippen LogP contribution is 2.18. The van der Waals surface area contributed by atoms with Crippen LogP contribution in [0.25, 0.3) is 17.1 Å². The van der Waals surface area contributed by atoms with Gasteiger partial charge in [0.05, 0.1) is 12.0 Å². The monoisotopic (exact) mass is 312 g/mol. The van der Waals surface area contributed by atoms with Crippen LogP contribution in [0.4, 0.5) is 0 Å². The van der Waals surface area contributed by atoms with E-state index in [1.807, 2.05) is 13.0 Å². The van der Waals surface area contributed by atoms with Crippen molar-refractivity contribution < 1.29 is 9.32 Å². The van der Waals surface area contributed by atoms with Crippen LogP contribution in [0.3, 0.4) is 0 Å². The van der Waals surface area contributed by atoms with E-state index in [-0.39, 0.29) is 12.3 Å². The van der Waals surface area contributed by atoms with Crippen molar-refractivity contribution >= 4 is 11.6 Å². The smallest absolute Gasteiger partial charge is 0.259 e. The number of pyridine rings is 1. The maximum absolute atomic E-state index is 11.8. The predicted molar refractivity (Wildman–Crippen MR) is 82.6 cm³/mol. The molecule has 0 aliphatic heterocycles. The quantitative estimate of drug-likeness (QED) is 0.686. The molecule has 23 heavy (non-hydrogen) atoms. The van der Waals surface area contributed by atoms with Crippen LogP contribution in [-0.4, -0.2) is 37.2 Å². The topological polar surface area (TPSA) is 98.2 Å². The van der Waals surface area contributed by atoms with Gasteiger partial charge in [0.1, 0.15) is 5.82 Å². The van der Waals surface area contributed by atoms with Gasteiger partial charge in [-0.3, -0.25) is 9.20 Å². The molecule has 0 saturated carbocycles. The third kappa shape index (κ3) is 3.10. The average Bonchev–Trinajstić information content (AvgIpc) is 3.19. The molecule has 8 heteroatoms. The van der Waals surface area contributed by atoms with Gasteiger partial charge in [-0.15, -0.1) is 16.8 Å². The van der Waals surface area contributed by atoms with Crippen molar-refractivity contribution in [3.63, 3.8) is 0 Å². The molecule has 8 nitrogen and oxygen atoms in total. The molecule has 0 aliphatic rings. The van der Waals surface area contributed by atoms with Gasteiger partial charge in [-0.2, -0.15) is 4.98 Å². The highest BCUT2D eigenvalue weighted by molar-refractivity contribution is 5.78. The fraction of sp³-hybridized carbons (Fsp3) is 0.267.